The summed E-state index contributed by atoms with van der Waals surface area (Å²) in [6.07, 6.45) is 10.0. The van der Waals surface area contributed by atoms with Crippen molar-refractivity contribution in [3.8, 4) is 0 Å². The SMILES string of the molecule is CCCNC(c1ccncc1F)C1(N(C)C)CCCCC1. The van der Waals surface area contributed by atoms with Gasteiger partial charge in [0.05, 0.1) is 12.2 Å². The second-order valence-electron chi connectivity index (χ2n) is 6.34. The molecule has 21 heavy (non-hydrogen) atoms. The summed E-state index contributed by atoms with van der Waals surface area (Å²) in [6, 6.07) is 1.86. The van der Waals surface area contributed by atoms with Gasteiger partial charge in [0.1, 0.15) is 5.82 Å². The highest BCUT2D eigenvalue weighted by Crippen LogP contribution is 2.42. The molecule has 1 aliphatic rings. The van der Waals surface area contributed by atoms with E-state index in [2.05, 4.69) is 36.2 Å². The van der Waals surface area contributed by atoms with Crippen LogP contribution in [-0.2, 0) is 0 Å². The predicted molar refractivity (Wildman–Crippen MR) is 84.7 cm³/mol. The first-order chi connectivity index (χ1) is 10.1. The number of hydrogen-bond donors (Lipinski definition) is 1. The molecule has 118 valence electrons. The van der Waals surface area contributed by atoms with Crippen molar-refractivity contribution in [1.82, 2.24) is 15.2 Å². The summed E-state index contributed by atoms with van der Waals surface area (Å²) < 4.78 is 14.3. The third-order valence-electron chi connectivity index (χ3n) is 4.86. The zero-order chi connectivity index (χ0) is 15.3. The van der Waals surface area contributed by atoms with Crippen LogP contribution in [-0.4, -0.2) is 36.1 Å². The van der Waals surface area contributed by atoms with E-state index in [0.29, 0.717) is 0 Å². The van der Waals surface area contributed by atoms with E-state index < -0.39 is 0 Å². The van der Waals surface area contributed by atoms with E-state index in [1.165, 1.54) is 25.5 Å². The smallest absolute Gasteiger partial charge is 0.146 e. The molecule has 3 nitrogen and oxygen atoms in total. The highest BCUT2D eigenvalue weighted by atomic mass is 19.1. The Morgan fingerprint density at radius 2 is 2.05 bits per heavy atom. The molecule has 1 atom stereocenters. The van der Waals surface area contributed by atoms with Gasteiger partial charge in [0, 0.05) is 17.3 Å². The van der Waals surface area contributed by atoms with Crippen LogP contribution in [0.5, 0.6) is 0 Å². The highest BCUT2D eigenvalue weighted by Gasteiger charge is 2.43. The number of aromatic nitrogens is 1. The minimum absolute atomic E-state index is 0.00435. The van der Waals surface area contributed by atoms with Crippen molar-refractivity contribution < 1.29 is 4.39 Å². The number of nitrogens with one attached hydrogen (secondary N) is 1. The van der Waals surface area contributed by atoms with Crippen LogP contribution in [0, 0.1) is 5.82 Å². The van der Waals surface area contributed by atoms with Gasteiger partial charge in [0.25, 0.3) is 0 Å². The minimum atomic E-state index is -0.196. The average molecular weight is 293 g/mol. The van der Waals surface area contributed by atoms with E-state index >= 15 is 0 Å². The minimum Gasteiger partial charge on any atom is -0.308 e. The van der Waals surface area contributed by atoms with Crippen LogP contribution in [0.15, 0.2) is 18.5 Å². The molecule has 0 aromatic carbocycles. The van der Waals surface area contributed by atoms with Crippen molar-refractivity contribution in [2.75, 3.05) is 20.6 Å². The molecule has 0 saturated heterocycles. The zero-order valence-corrected chi connectivity index (χ0v) is 13.5. The molecule has 0 spiro atoms. The number of nitrogens with zero attached hydrogens (tertiary/aromatic N) is 2. The van der Waals surface area contributed by atoms with Gasteiger partial charge in [-0.05, 0) is 46.0 Å². The zero-order valence-electron chi connectivity index (χ0n) is 13.5. The number of rotatable bonds is 6. The first kappa shape index (κ1) is 16.4. The summed E-state index contributed by atoms with van der Waals surface area (Å²) >= 11 is 0. The molecular formula is C17H28FN3. The van der Waals surface area contributed by atoms with Gasteiger partial charge in [-0.25, -0.2) is 4.39 Å². The molecule has 1 N–H and O–H groups in total. The molecule has 1 aromatic heterocycles. The lowest BCUT2D eigenvalue weighted by Gasteiger charge is -2.49. The van der Waals surface area contributed by atoms with E-state index in [1.807, 2.05) is 6.07 Å². The second kappa shape index (κ2) is 7.32. The van der Waals surface area contributed by atoms with E-state index in [-0.39, 0.29) is 17.4 Å². The maximum absolute atomic E-state index is 14.3. The summed E-state index contributed by atoms with van der Waals surface area (Å²) in [4.78, 5) is 6.21. The molecule has 0 aliphatic heterocycles. The normalized spacial score (nSPS) is 19.7. The van der Waals surface area contributed by atoms with Crippen LogP contribution < -0.4 is 5.32 Å². The van der Waals surface area contributed by atoms with Crippen LogP contribution in [0.25, 0.3) is 0 Å². The topological polar surface area (TPSA) is 28.2 Å². The van der Waals surface area contributed by atoms with Crippen LogP contribution in [0.2, 0.25) is 0 Å². The number of likely N-dealkylation sites (N-methyl/N-ethyl adjacent to an activating group) is 1. The van der Waals surface area contributed by atoms with Crippen molar-refractivity contribution in [2.45, 2.75) is 57.0 Å². The molecular weight excluding hydrogens is 265 g/mol. The third-order valence-corrected chi connectivity index (χ3v) is 4.86. The van der Waals surface area contributed by atoms with Crippen LogP contribution in [0.3, 0.4) is 0 Å². The van der Waals surface area contributed by atoms with Crippen molar-refractivity contribution in [1.29, 1.82) is 0 Å². The van der Waals surface area contributed by atoms with Gasteiger partial charge < -0.3 is 10.2 Å². The fourth-order valence-corrected chi connectivity index (χ4v) is 3.66. The largest absolute Gasteiger partial charge is 0.308 e. The van der Waals surface area contributed by atoms with E-state index in [9.17, 15) is 4.39 Å². The molecule has 1 heterocycles. The van der Waals surface area contributed by atoms with Crippen molar-refractivity contribution in [3.63, 3.8) is 0 Å². The van der Waals surface area contributed by atoms with E-state index in [0.717, 1.165) is 31.4 Å². The first-order valence-electron chi connectivity index (χ1n) is 8.12. The Labute approximate surface area is 127 Å². The van der Waals surface area contributed by atoms with Gasteiger partial charge in [-0.2, -0.15) is 0 Å². The van der Waals surface area contributed by atoms with Gasteiger partial charge in [-0.3, -0.25) is 4.98 Å². The molecule has 1 aromatic rings. The summed E-state index contributed by atoms with van der Waals surface area (Å²) in [7, 11) is 4.26. The fourth-order valence-electron chi connectivity index (χ4n) is 3.66. The molecule has 0 radical (unpaired) electrons. The summed E-state index contributed by atoms with van der Waals surface area (Å²) in [5.41, 5.74) is 0.754. The Hall–Kier alpha value is -1.00. The highest BCUT2D eigenvalue weighted by molar-refractivity contribution is 5.23. The molecule has 4 heteroatoms. The Kier molecular flexibility index (Phi) is 5.71. The number of pyridine rings is 1. The summed E-state index contributed by atoms with van der Waals surface area (Å²) in [5.74, 6) is -0.196. The molecule has 1 aliphatic carbocycles. The Balaban J connectivity index is 2.39. The lowest BCUT2D eigenvalue weighted by molar-refractivity contribution is 0.0550. The fraction of sp³-hybridized carbons (Fsp3) is 0.706. The monoisotopic (exact) mass is 293 g/mol. The molecule has 0 bridgehead atoms. The van der Waals surface area contributed by atoms with Crippen molar-refractivity contribution in [2.24, 2.45) is 0 Å². The molecule has 2 rings (SSSR count). The standard InChI is InChI=1S/C17H28FN3/c1-4-11-20-16(14-8-12-19-13-15(14)18)17(21(2)3)9-6-5-7-10-17/h8,12-13,16,20H,4-7,9-11H2,1-3H3. The maximum atomic E-state index is 14.3. The lowest BCUT2D eigenvalue weighted by atomic mass is 9.73. The van der Waals surface area contributed by atoms with Crippen LogP contribution >= 0.6 is 0 Å². The predicted octanol–water partition coefficient (Wildman–Crippen LogP) is 3.53. The summed E-state index contributed by atoms with van der Waals surface area (Å²) in [5, 5.41) is 3.61. The Morgan fingerprint density at radius 3 is 2.62 bits per heavy atom. The Bertz CT molecular complexity index is 441. The first-order valence-corrected chi connectivity index (χ1v) is 8.12. The molecule has 1 saturated carbocycles. The van der Waals surface area contributed by atoms with Gasteiger partial charge >= 0.3 is 0 Å². The van der Waals surface area contributed by atoms with E-state index in [4.69, 9.17) is 0 Å². The second-order valence-corrected chi connectivity index (χ2v) is 6.34. The summed E-state index contributed by atoms with van der Waals surface area (Å²) in [6.45, 7) is 3.05. The number of halogens is 1. The third kappa shape index (κ3) is 3.43. The van der Waals surface area contributed by atoms with E-state index in [1.54, 1.807) is 6.20 Å². The van der Waals surface area contributed by atoms with Crippen molar-refractivity contribution in [3.05, 3.63) is 29.8 Å². The quantitative estimate of drug-likeness (QED) is 0.869. The van der Waals surface area contributed by atoms with Gasteiger partial charge in [-0.15, -0.1) is 0 Å². The molecule has 1 fully saturated rings. The van der Waals surface area contributed by atoms with Crippen molar-refractivity contribution >= 4 is 0 Å². The average Bonchev–Trinajstić information content (AvgIpc) is 2.50. The van der Waals surface area contributed by atoms with Gasteiger partial charge in [0.15, 0.2) is 0 Å². The van der Waals surface area contributed by atoms with Crippen LogP contribution in [0.1, 0.15) is 57.1 Å². The maximum Gasteiger partial charge on any atom is 0.146 e. The Morgan fingerprint density at radius 1 is 1.33 bits per heavy atom. The molecule has 0 amide bonds. The van der Waals surface area contributed by atoms with Crippen LogP contribution in [0.4, 0.5) is 4.39 Å². The molecule has 1 unspecified atom stereocenters. The van der Waals surface area contributed by atoms with Gasteiger partial charge in [-0.1, -0.05) is 26.2 Å². The number of hydrogen-bond acceptors (Lipinski definition) is 3. The lowest BCUT2D eigenvalue weighted by Crippen LogP contribution is -2.55. The van der Waals surface area contributed by atoms with Gasteiger partial charge in [0.2, 0.25) is 0 Å².